The maximum Gasteiger partial charge on any atom is 0.222 e. The Bertz CT molecular complexity index is 992. The average Bonchev–Trinajstić information content (AvgIpc) is 2.60. The van der Waals surface area contributed by atoms with Crippen molar-refractivity contribution in [3.05, 3.63) is 59.7 Å². The molecule has 0 bridgehead atoms. The first-order valence-electron chi connectivity index (χ1n) is 8.34. The minimum Gasteiger partial charge on any atom is -0.382 e. The van der Waals surface area contributed by atoms with E-state index in [0.29, 0.717) is 5.69 Å². The second-order valence-electron chi connectivity index (χ2n) is 7.21. The van der Waals surface area contributed by atoms with Crippen molar-refractivity contribution in [1.82, 2.24) is 9.97 Å². The van der Waals surface area contributed by atoms with Crippen LogP contribution >= 0.6 is 0 Å². The summed E-state index contributed by atoms with van der Waals surface area (Å²) in [6.45, 7) is 6.57. The normalized spacial score (nSPS) is 11.2. The third-order valence-electron chi connectivity index (χ3n) is 4.29. The molecule has 0 saturated heterocycles. The second kappa shape index (κ2) is 6.49. The van der Waals surface area contributed by atoms with Crippen LogP contribution in [0.1, 0.15) is 31.9 Å². The molecule has 0 unspecified atom stereocenters. The van der Waals surface area contributed by atoms with E-state index in [9.17, 15) is 5.26 Å². The highest BCUT2D eigenvalue weighted by molar-refractivity contribution is 5.77. The van der Waals surface area contributed by atoms with Gasteiger partial charge in [0.1, 0.15) is 17.5 Å². The van der Waals surface area contributed by atoms with Gasteiger partial charge < -0.3 is 11.5 Å². The molecule has 5 heteroatoms. The standard InChI is InChI=1S/C21H21N5/c1-21(2,3)16-9-7-13(8-10-16)14-5-4-6-15(11-14)18-17(12-22)19(23)26-20(24)25-18/h4-11H,1-3H3,(H4,23,24,25,26). The summed E-state index contributed by atoms with van der Waals surface area (Å²) in [5.41, 5.74) is 16.5. The highest BCUT2D eigenvalue weighted by atomic mass is 15.0. The number of nitrogens with two attached hydrogens (primary N) is 2. The lowest BCUT2D eigenvalue weighted by Crippen LogP contribution is -2.10. The molecule has 4 N–H and O–H groups in total. The van der Waals surface area contributed by atoms with E-state index in [1.165, 1.54) is 5.56 Å². The number of nitrogen functional groups attached to an aromatic ring is 2. The van der Waals surface area contributed by atoms with Crippen LogP contribution in [0, 0.1) is 11.3 Å². The summed E-state index contributed by atoms with van der Waals surface area (Å²) in [5.74, 6) is 0.145. The summed E-state index contributed by atoms with van der Waals surface area (Å²) in [5, 5.41) is 9.39. The lowest BCUT2D eigenvalue weighted by Gasteiger charge is -2.19. The molecule has 130 valence electrons. The van der Waals surface area contributed by atoms with Gasteiger partial charge in [0, 0.05) is 5.56 Å². The van der Waals surface area contributed by atoms with E-state index >= 15 is 0 Å². The topological polar surface area (TPSA) is 102 Å². The Morgan fingerprint density at radius 1 is 0.885 bits per heavy atom. The number of hydrogen-bond acceptors (Lipinski definition) is 5. The number of anilines is 2. The van der Waals surface area contributed by atoms with Gasteiger partial charge in [0.15, 0.2) is 0 Å². The fraction of sp³-hybridized carbons (Fsp3) is 0.190. The van der Waals surface area contributed by atoms with Crippen molar-refractivity contribution >= 4 is 11.8 Å². The molecule has 0 amide bonds. The van der Waals surface area contributed by atoms with Crippen LogP contribution in [-0.4, -0.2) is 9.97 Å². The molecule has 26 heavy (non-hydrogen) atoms. The van der Waals surface area contributed by atoms with Gasteiger partial charge >= 0.3 is 0 Å². The van der Waals surface area contributed by atoms with Gasteiger partial charge in [0.2, 0.25) is 5.95 Å². The van der Waals surface area contributed by atoms with Gasteiger partial charge in [-0.25, -0.2) is 4.98 Å². The quantitative estimate of drug-likeness (QED) is 0.728. The highest BCUT2D eigenvalue weighted by Gasteiger charge is 2.15. The van der Waals surface area contributed by atoms with E-state index < -0.39 is 0 Å². The number of aromatic nitrogens is 2. The van der Waals surface area contributed by atoms with Crippen LogP contribution in [0.25, 0.3) is 22.4 Å². The molecular formula is C21H21N5. The second-order valence-corrected chi connectivity index (χ2v) is 7.21. The van der Waals surface area contributed by atoms with Crippen molar-refractivity contribution in [2.24, 2.45) is 0 Å². The van der Waals surface area contributed by atoms with E-state index in [0.717, 1.165) is 16.7 Å². The van der Waals surface area contributed by atoms with Gasteiger partial charge in [-0.15, -0.1) is 0 Å². The van der Waals surface area contributed by atoms with E-state index in [1.807, 2.05) is 24.3 Å². The van der Waals surface area contributed by atoms with Crippen molar-refractivity contribution in [3.8, 4) is 28.5 Å². The predicted molar refractivity (Wildman–Crippen MR) is 105 cm³/mol. The number of hydrogen-bond donors (Lipinski definition) is 2. The molecule has 0 saturated carbocycles. The SMILES string of the molecule is CC(C)(C)c1ccc(-c2cccc(-c3nc(N)nc(N)c3C#N)c2)cc1. The van der Waals surface area contributed by atoms with E-state index in [-0.39, 0.29) is 22.7 Å². The van der Waals surface area contributed by atoms with Crippen LogP contribution in [0.2, 0.25) is 0 Å². The molecule has 3 rings (SSSR count). The van der Waals surface area contributed by atoms with Gasteiger partial charge in [-0.05, 0) is 28.2 Å². The van der Waals surface area contributed by atoms with Crippen LogP contribution in [-0.2, 0) is 5.41 Å². The van der Waals surface area contributed by atoms with Crippen LogP contribution in [0.3, 0.4) is 0 Å². The average molecular weight is 343 g/mol. The molecule has 0 aliphatic carbocycles. The van der Waals surface area contributed by atoms with Crippen LogP contribution in [0.15, 0.2) is 48.5 Å². The molecule has 0 radical (unpaired) electrons. The third-order valence-corrected chi connectivity index (χ3v) is 4.29. The summed E-state index contributed by atoms with van der Waals surface area (Å²) < 4.78 is 0. The molecule has 1 aromatic heterocycles. The summed E-state index contributed by atoms with van der Waals surface area (Å²) in [7, 11) is 0. The molecule has 0 spiro atoms. The fourth-order valence-corrected chi connectivity index (χ4v) is 2.82. The largest absolute Gasteiger partial charge is 0.382 e. The number of rotatable bonds is 2. The van der Waals surface area contributed by atoms with Crippen LogP contribution in [0.5, 0.6) is 0 Å². The zero-order chi connectivity index (χ0) is 18.9. The first kappa shape index (κ1) is 17.4. The van der Waals surface area contributed by atoms with Crippen molar-refractivity contribution in [2.45, 2.75) is 26.2 Å². The Labute approximate surface area is 153 Å². The summed E-state index contributed by atoms with van der Waals surface area (Å²) in [6, 6.07) is 18.4. The van der Waals surface area contributed by atoms with Crippen molar-refractivity contribution in [3.63, 3.8) is 0 Å². The van der Waals surface area contributed by atoms with E-state index in [1.54, 1.807) is 0 Å². The van der Waals surface area contributed by atoms with Gasteiger partial charge in [-0.3, -0.25) is 0 Å². The zero-order valence-electron chi connectivity index (χ0n) is 15.1. The van der Waals surface area contributed by atoms with Gasteiger partial charge in [0.25, 0.3) is 0 Å². The molecule has 0 fully saturated rings. The van der Waals surface area contributed by atoms with Gasteiger partial charge in [-0.2, -0.15) is 10.2 Å². The molecule has 3 aromatic rings. The lowest BCUT2D eigenvalue weighted by molar-refractivity contribution is 0.590. The Morgan fingerprint density at radius 3 is 2.15 bits per heavy atom. The lowest BCUT2D eigenvalue weighted by atomic mass is 9.86. The molecule has 1 heterocycles. The van der Waals surface area contributed by atoms with Crippen LogP contribution in [0.4, 0.5) is 11.8 Å². The zero-order valence-corrected chi connectivity index (χ0v) is 15.1. The van der Waals surface area contributed by atoms with Gasteiger partial charge in [0.05, 0.1) is 5.69 Å². The van der Waals surface area contributed by atoms with E-state index in [2.05, 4.69) is 61.1 Å². The maximum absolute atomic E-state index is 9.39. The van der Waals surface area contributed by atoms with Crippen molar-refractivity contribution in [2.75, 3.05) is 11.5 Å². The summed E-state index contributed by atoms with van der Waals surface area (Å²) >= 11 is 0. The van der Waals surface area contributed by atoms with Crippen molar-refractivity contribution in [1.29, 1.82) is 5.26 Å². The third kappa shape index (κ3) is 3.35. The van der Waals surface area contributed by atoms with Gasteiger partial charge in [-0.1, -0.05) is 63.2 Å². The van der Waals surface area contributed by atoms with Crippen molar-refractivity contribution < 1.29 is 0 Å². The number of nitriles is 1. The maximum atomic E-state index is 9.39. The summed E-state index contributed by atoms with van der Waals surface area (Å²) in [6.07, 6.45) is 0. The Morgan fingerprint density at radius 2 is 1.54 bits per heavy atom. The Kier molecular flexibility index (Phi) is 4.35. The monoisotopic (exact) mass is 343 g/mol. The van der Waals surface area contributed by atoms with Crippen LogP contribution < -0.4 is 11.5 Å². The number of benzene rings is 2. The number of nitrogens with zero attached hydrogens (tertiary/aromatic N) is 3. The molecule has 2 aromatic carbocycles. The fourth-order valence-electron chi connectivity index (χ4n) is 2.82. The van der Waals surface area contributed by atoms with E-state index in [4.69, 9.17) is 11.5 Å². The molecule has 5 nitrogen and oxygen atoms in total. The minimum atomic E-state index is 0.0523. The minimum absolute atomic E-state index is 0.0523. The first-order chi connectivity index (χ1) is 12.3. The smallest absolute Gasteiger partial charge is 0.222 e. The predicted octanol–water partition coefficient (Wildman–Crippen LogP) is 4.14. The molecular weight excluding hydrogens is 322 g/mol. The summed E-state index contributed by atoms with van der Waals surface area (Å²) in [4.78, 5) is 8.09. The molecule has 0 atom stereocenters. The Balaban J connectivity index is 2.07. The molecule has 0 aliphatic heterocycles. The first-order valence-corrected chi connectivity index (χ1v) is 8.34. The Hall–Kier alpha value is -3.39. The molecule has 0 aliphatic rings. The highest BCUT2D eigenvalue weighted by Crippen LogP contribution is 2.30.